The Balaban J connectivity index is 1.76. The molecule has 0 bridgehead atoms. The van der Waals surface area contributed by atoms with Gasteiger partial charge in [0.25, 0.3) is 0 Å². The van der Waals surface area contributed by atoms with Crippen LogP contribution in [0.4, 0.5) is 0 Å². The highest BCUT2D eigenvalue weighted by atomic mass is 32.2. The van der Waals surface area contributed by atoms with Crippen LogP contribution in [0.2, 0.25) is 0 Å². The number of rotatable bonds is 6. The molecule has 1 fully saturated rings. The molecule has 5 nitrogen and oxygen atoms in total. The summed E-state index contributed by atoms with van der Waals surface area (Å²) in [5.74, 6) is -0.302. The van der Waals surface area contributed by atoms with Crippen molar-refractivity contribution in [3.63, 3.8) is 0 Å². The van der Waals surface area contributed by atoms with E-state index in [-0.39, 0.29) is 11.7 Å². The molecule has 1 aliphatic rings. The second kappa shape index (κ2) is 6.64. The molecule has 1 aromatic carbocycles. The van der Waals surface area contributed by atoms with Crippen molar-refractivity contribution in [2.75, 3.05) is 5.75 Å². The Morgan fingerprint density at radius 1 is 1.33 bits per heavy atom. The zero-order chi connectivity index (χ0) is 15.3. The van der Waals surface area contributed by atoms with Gasteiger partial charge in [-0.2, -0.15) is 5.26 Å². The largest absolute Gasteiger partial charge is 0.480 e. The van der Waals surface area contributed by atoms with Crippen LogP contribution in [0.25, 0.3) is 0 Å². The van der Waals surface area contributed by atoms with Crippen LogP contribution in [0.1, 0.15) is 30.4 Å². The summed E-state index contributed by atoms with van der Waals surface area (Å²) < 4.78 is 0. The van der Waals surface area contributed by atoms with Gasteiger partial charge in [0.2, 0.25) is 5.91 Å². The van der Waals surface area contributed by atoms with Gasteiger partial charge in [0, 0.05) is 5.75 Å². The van der Waals surface area contributed by atoms with Crippen molar-refractivity contribution in [3.8, 4) is 6.07 Å². The summed E-state index contributed by atoms with van der Waals surface area (Å²) in [7, 11) is 0. The highest BCUT2D eigenvalue weighted by Crippen LogP contribution is 2.32. The van der Waals surface area contributed by atoms with E-state index in [4.69, 9.17) is 10.4 Å². The highest BCUT2D eigenvalue weighted by Gasteiger charge is 2.45. The van der Waals surface area contributed by atoms with E-state index in [0.717, 1.165) is 12.0 Å². The zero-order valence-corrected chi connectivity index (χ0v) is 12.3. The molecule has 2 rings (SSSR count). The van der Waals surface area contributed by atoms with Crippen LogP contribution in [0.5, 0.6) is 0 Å². The normalized spacial score (nSPS) is 15.6. The second-order valence-electron chi connectivity index (χ2n) is 5.09. The number of benzene rings is 1. The lowest BCUT2D eigenvalue weighted by molar-refractivity contribution is -0.151. The van der Waals surface area contributed by atoms with E-state index in [9.17, 15) is 9.59 Å². The molecular formula is C15H16N2O3S. The monoisotopic (exact) mass is 304 g/mol. The Bertz CT molecular complexity index is 574. The van der Waals surface area contributed by atoms with Gasteiger partial charge in [-0.25, -0.2) is 4.79 Å². The Kier molecular flexibility index (Phi) is 4.86. The lowest BCUT2D eigenvalue weighted by Crippen LogP contribution is -2.59. The molecule has 21 heavy (non-hydrogen) atoms. The van der Waals surface area contributed by atoms with Crippen molar-refractivity contribution in [1.29, 1.82) is 5.26 Å². The van der Waals surface area contributed by atoms with Gasteiger partial charge in [0.05, 0.1) is 17.4 Å². The number of aliphatic carboxylic acids is 1. The summed E-state index contributed by atoms with van der Waals surface area (Å²) in [6.45, 7) is 0. The van der Waals surface area contributed by atoms with Gasteiger partial charge in [-0.1, -0.05) is 12.1 Å². The minimum atomic E-state index is -1.04. The molecule has 1 aromatic rings. The van der Waals surface area contributed by atoms with E-state index < -0.39 is 11.5 Å². The summed E-state index contributed by atoms with van der Waals surface area (Å²) in [6.07, 6.45) is 1.85. The highest BCUT2D eigenvalue weighted by molar-refractivity contribution is 7.99. The van der Waals surface area contributed by atoms with Crippen LogP contribution in [0.15, 0.2) is 24.3 Å². The fraction of sp³-hybridized carbons (Fsp3) is 0.400. The number of carbonyl (C=O) groups excluding carboxylic acids is 1. The molecule has 6 heteroatoms. The van der Waals surface area contributed by atoms with E-state index in [1.807, 2.05) is 12.1 Å². The molecule has 110 valence electrons. The number of nitrogens with zero attached hydrogens (tertiary/aromatic N) is 1. The van der Waals surface area contributed by atoms with E-state index in [0.29, 0.717) is 24.2 Å². The van der Waals surface area contributed by atoms with Gasteiger partial charge in [0.15, 0.2) is 0 Å². The Morgan fingerprint density at radius 3 is 2.48 bits per heavy atom. The quantitative estimate of drug-likeness (QED) is 0.838. The Labute approximate surface area is 127 Å². The van der Waals surface area contributed by atoms with Crippen molar-refractivity contribution in [3.05, 3.63) is 35.4 Å². The second-order valence-corrected chi connectivity index (χ2v) is 6.08. The summed E-state index contributed by atoms with van der Waals surface area (Å²) in [6, 6.07) is 9.24. The van der Waals surface area contributed by atoms with Crippen molar-refractivity contribution in [2.24, 2.45) is 0 Å². The SMILES string of the molecule is N#Cc1ccc(CSCC(=O)NC2(C(=O)O)CCC2)cc1. The first-order valence-electron chi connectivity index (χ1n) is 6.67. The van der Waals surface area contributed by atoms with Gasteiger partial charge in [-0.15, -0.1) is 11.8 Å². The average molecular weight is 304 g/mol. The van der Waals surface area contributed by atoms with Crippen LogP contribution in [-0.4, -0.2) is 28.3 Å². The first kappa shape index (κ1) is 15.4. The third kappa shape index (κ3) is 3.76. The minimum absolute atomic E-state index is 0.231. The summed E-state index contributed by atoms with van der Waals surface area (Å²) in [5, 5.41) is 20.5. The van der Waals surface area contributed by atoms with Crippen LogP contribution in [0, 0.1) is 11.3 Å². The molecular weight excluding hydrogens is 288 g/mol. The fourth-order valence-electron chi connectivity index (χ4n) is 2.16. The molecule has 1 aliphatic carbocycles. The van der Waals surface area contributed by atoms with E-state index in [1.165, 1.54) is 11.8 Å². The maximum absolute atomic E-state index is 11.8. The maximum atomic E-state index is 11.8. The molecule has 0 saturated heterocycles. The molecule has 0 aliphatic heterocycles. The first-order chi connectivity index (χ1) is 10.1. The van der Waals surface area contributed by atoms with E-state index in [1.54, 1.807) is 12.1 Å². The third-order valence-corrected chi connectivity index (χ3v) is 4.58. The molecule has 1 saturated carbocycles. The maximum Gasteiger partial charge on any atom is 0.329 e. The summed E-state index contributed by atoms with van der Waals surface area (Å²) in [4.78, 5) is 23.0. The van der Waals surface area contributed by atoms with Gasteiger partial charge in [-0.05, 0) is 37.0 Å². The van der Waals surface area contributed by atoms with Crippen LogP contribution >= 0.6 is 11.8 Å². The molecule has 0 aromatic heterocycles. The summed E-state index contributed by atoms with van der Waals surface area (Å²) >= 11 is 1.43. The molecule has 0 unspecified atom stereocenters. The lowest BCUT2D eigenvalue weighted by atomic mass is 9.77. The van der Waals surface area contributed by atoms with E-state index in [2.05, 4.69) is 11.4 Å². The number of hydrogen-bond donors (Lipinski definition) is 2. The predicted octanol–water partition coefficient (Wildman–Crippen LogP) is 1.91. The van der Waals surface area contributed by atoms with Crippen molar-refractivity contribution < 1.29 is 14.7 Å². The Hall–Kier alpha value is -2.00. The number of nitrogens with one attached hydrogen (secondary N) is 1. The third-order valence-electron chi connectivity index (χ3n) is 3.58. The number of thioether (sulfide) groups is 1. The smallest absolute Gasteiger partial charge is 0.329 e. The number of amides is 1. The van der Waals surface area contributed by atoms with Crippen LogP contribution in [0.3, 0.4) is 0 Å². The van der Waals surface area contributed by atoms with Crippen LogP contribution < -0.4 is 5.32 Å². The zero-order valence-electron chi connectivity index (χ0n) is 11.5. The number of carbonyl (C=O) groups is 2. The molecule has 2 N–H and O–H groups in total. The van der Waals surface area contributed by atoms with Crippen molar-refractivity contribution >= 4 is 23.6 Å². The number of carboxylic acid groups (broad SMARTS) is 1. The number of carboxylic acids is 1. The van der Waals surface area contributed by atoms with Gasteiger partial charge >= 0.3 is 5.97 Å². The minimum Gasteiger partial charge on any atom is -0.480 e. The van der Waals surface area contributed by atoms with E-state index >= 15 is 0 Å². The number of nitriles is 1. The summed E-state index contributed by atoms with van der Waals surface area (Å²) in [5.41, 5.74) is 0.602. The molecule has 0 heterocycles. The van der Waals surface area contributed by atoms with Crippen molar-refractivity contribution in [1.82, 2.24) is 5.32 Å². The van der Waals surface area contributed by atoms with Gasteiger partial charge in [0.1, 0.15) is 5.54 Å². The average Bonchev–Trinajstić information content (AvgIpc) is 2.43. The number of hydrogen-bond acceptors (Lipinski definition) is 4. The first-order valence-corrected chi connectivity index (χ1v) is 7.82. The predicted molar refractivity (Wildman–Crippen MR) is 79.7 cm³/mol. The topological polar surface area (TPSA) is 90.2 Å². The Morgan fingerprint density at radius 2 is 2.00 bits per heavy atom. The molecule has 0 radical (unpaired) electrons. The van der Waals surface area contributed by atoms with Crippen molar-refractivity contribution in [2.45, 2.75) is 30.6 Å². The lowest BCUT2D eigenvalue weighted by Gasteiger charge is -2.38. The molecule has 1 amide bonds. The fourth-order valence-corrected chi connectivity index (χ4v) is 2.95. The molecule has 0 atom stereocenters. The molecule has 0 spiro atoms. The van der Waals surface area contributed by atoms with Gasteiger partial charge in [-0.3, -0.25) is 4.79 Å². The van der Waals surface area contributed by atoms with Crippen LogP contribution in [-0.2, 0) is 15.3 Å². The van der Waals surface area contributed by atoms with Gasteiger partial charge < -0.3 is 10.4 Å². The standard InChI is InChI=1S/C15H16N2O3S/c16-8-11-2-4-12(5-3-11)9-21-10-13(18)17-15(14(19)20)6-1-7-15/h2-5H,1,6-7,9-10H2,(H,17,18)(H,19,20).